The lowest BCUT2D eigenvalue weighted by Crippen LogP contribution is -2.12. The average molecular weight is 237 g/mol. The first-order valence-corrected chi connectivity index (χ1v) is 5.69. The molecule has 3 nitrogen and oxygen atoms in total. The highest BCUT2D eigenvalue weighted by molar-refractivity contribution is 6.19. The molecular formula is C12H13ClN2O. The van der Waals surface area contributed by atoms with E-state index in [0.29, 0.717) is 12.3 Å². The van der Waals surface area contributed by atoms with Crippen LogP contribution in [0.1, 0.15) is 12.1 Å². The Morgan fingerprint density at radius 1 is 1.44 bits per heavy atom. The Labute approximate surface area is 98.8 Å². The van der Waals surface area contributed by atoms with Gasteiger partial charge in [0.1, 0.15) is 0 Å². The van der Waals surface area contributed by atoms with Crippen LogP contribution in [-0.4, -0.2) is 16.8 Å². The second-order valence-corrected chi connectivity index (χ2v) is 4.04. The number of anilines is 1. The van der Waals surface area contributed by atoms with E-state index in [2.05, 4.69) is 10.3 Å². The van der Waals surface area contributed by atoms with Gasteiger partial charge in [-0.2, -0.15) is 0 Å². The SMILES string of the molecule is Cc1[nH]c2ccccc2c1NC(=O)CCCl. The topological polar surface area (TPSA) is 44.9 Å². The molecule has 0 spiro atoms. The van der Waals surface area contributed by atoms with E-state index in [1.165, 1.54) is 0 Å². The number of para-hydroxylation sites is 1. The van der Waals surface area contributed by atoms with Gasteiger partial charge in [0.2, 0.25) is 5.91 Å². The van der Waals surface area contributed by atoms with Crippen LogP contribution in [0.5, 0.6) is 0 Å². The summed E-state index contributed by atoms with van der Waals surface area (Å²) in [7, 11) is 0. The van der Waals surface area contributed by atoms with Crippen molar-refractivity contribution in [1.82, 2.24) is 4.98 Å². The molecule has 0 aliphatic rings. The molecule has 2 aromatic rings. The number of aromatic amines is 1. The highest BCUT2D eigenvalue weighted by atomic mass is 35.5. The number of hydrogen-bond donors (Lipinski definition) is 2. The smallest absolute Gasteiger partial charge is 0.225 e. The molecule has 84 valence electrons. The highest BCUT2D eigenvalue weighted by Gasteiger charge is 2.10. The molecule has 1 amide bonds. The van der Waals surface area contributed by atoms with E-state index in [9.17, 15) is 4.79 Å². The summed E-state index contributed by atoms with van der Waals surface area (Å²) in [5.74, 6) is 0.288. The van der Waals surface area contributed by atoms with Gasteiger partial charge in [-0.05, 0) is 13.0 Å². The third-order valence-corrected chi connectivity index (χ3v) is 2.67. The van der Waals surface area contributed by atoms with E-state index in [4.69, 9.17) is 11.6 Å². The first-order chi connectivity index (χ1) is 7.72. The zero-order chi connectivity index (χ0) is 11.5. The molecule has 1 heterocycles. The molecule has 2 rings (SSSR count). The van der Waals surface area contributed by atoms with E-state index in [1.54, 1.807) is 0 Å². The van der Waals surface area contributed by atoms with Crippen molar-refractivity contribution < 1.29 is 4.79 Å². The van der Waals surface area contributed by atoms with E-state index in [0.717, 1.165) is 22.3 Å². The van der Waals surface area contributed by atoms with Crippen LogP contribution in [0.4, 0.5) is 5.69 Å². The quantitative estimate of drug-likeness (QED) is 0.791. The number of benzene rings is 1. The number of aryl methyl sites for hydroxylation is 1. The van der Waals surface area contributed by atoms with Gasteiger partial charge in [0.25, 0.3) is 0 Å². The molecule has 1 aromatic heterocycles. The van der Waals surface area contributed by atoms with Gasteiger partial charge in [-0.1, -0.05) is 18.2 Å². The zero-order valence-electron chi connectivity index (χ0n) is 9.01. The lowest BCUT2D eigenvalue weighted by molar-refractivity contribution is -0.115. The number of carbonyl (C=O) groups is 1. The standard InChI is InChI=1S/C12H13ClN2O/c1-8-12(15-11(16)6-7-13)9-4-2-3-5-10(9)14-8/h2-5,14H,6-7H2,1H3,(H,15,16). The summed E-state index contributed by atoms with van der Waals surface area (Å²) in [6.45, 7) is 1.94. The molecule has 0 fully saturated rings. The molecule has 1 aromatic carbocycles. The predicted octanol–water partition coefficient (Wildman–Crippen LogP) is 3.04. The van der Waals surface area contributed by atoms with Crippen molar-refractivity contribution in [2.75, 3.05) is 11.2 Å². The second-order valence-electron chi connectivity index (χ2n) is 3.66. The Kier molecular flexibility index (Phi) is 3.15. The maximum absolute atomic E-state index is 11.5. The minimum atomic E-state index is -0.0529. The third kappa shape index (κ3) is 2.04. The van der Waals surface area contributed by atoms with Crippen LogP contribution in [0, 0.1) is 6.92 Å². The molecule has 0 aliphatic heterocycles. The summed E-state index contributed by atoms with van der Waals surface area (Å²) in [5, 5.41) is 3.91. The van der Waals surface area contributed by atoms with Gasteiger partial charge in [-0.3, -0.25) is 4.79 Å². The maximum atomic E-state index is 11.5. The van der Waals surface area contributed by atoms with Gasteiger partial charge in [0, 0.05) is 28.9 Å². The van der Waals surface area contributed by atoms with Gasteiger partial charge in [0.15, 0.2) is 0 Å². The van der Waals surface area contributed by atoms with Crippen molar-refractivity contribution >= 4 is 34.1 Å². The van der Waals surface area contributed by atoms with Crippen LogP contribution < -0.4 is 5.32 Å². The van der Waals surface area contributed by atoms with Crippen molar-refractivity contribution in [3.8, 4) is 0 Å². The zero-order valence-corrected chi connectivity index (χ0v) is 9.77. The van der Waals surface area contributed by atoms with Gasteiger partial charge >= 0.3 is 0 Å². The summed E-state index contributed by atoms with van der Waals surface area (Å²) < 4.78 is 0. The number of alkyl halides is 1. The van der Waals surface area contributed by atoms with E-state index in [-0.39, 0.29) is 5.91 Å². The molecule has 0 unspecified atom stereocenters. The predicted molar refractivity (Wildman–Crippen MR) is 67.0 cm³/mol. The number of amides is 1. The lowest BCUT2D eigenvalue weighted by atomic mass is 10.2. The third-order valence-electron chi connectivity index (χ3n) is 2.48. The monoisotopic (exact) mass is 236 g/mol. The summed E-state index contributed by atoms with van der Waals surface area (Å²) >= 11 is 5.53. The number of fused-ring (bicyclic) bond motifs is 1. The average Bonchev–Trinajstić information content (AvgIpc) is 2.56. The summed E-state index contributed by atoms with van der Waals surface area (Å²) in [5.41, 5.74) is 2.84. The molecular weight excluding hydrogens is 224 g/mol. The fourth-order valence-electron chi connectivity index (χ4n) is 1.73. The molecule has 2 N–H and O–H groups in total. The summed E-state index contributed by atoms with van der Waals surface area (Å²) in [6.07, 6.45) is 0.334. The van der Waals surface area contributed by atoms with Crippen molar-refractivity contribution in [3.63, 3.8) is 0 Å². The first-order valence-electron chi connectivity index (χ1n) is 5.15. The van der Waals surface area contributed by atoms with Crippen LogP contribution in [0.2, 0.25) is 0 Å². The van der Waals surface area contributed by atoms with Crippen LogP contribution >= 0.6 is 11.6 Å². The molecule has 0 bridgehead atoms. The van der Waals surface area contributed by atoms with Crippen molar-refractivity contribution in [1.29, 1.82) is 0 Å². The van der Waals surface area contributed by atoms with E-state index >= 15 is 0 Å². The molecule has 0 aliphatic carbocycles. The number of carbonyl (C=O) groups excluding carboxylic acids is 1. The first kappa shape index (κ1) is 11.0. The van der Waals surface area contributed by atoms with E-state index < -0.39 is 0 Å². The van der Waals surface area contributed by atoms with Crippen LogP contribution in [-0.2, 0) is 4.79 Å². The second kappa shape index (κ2) is 4.58. The molecule has 16 heavy (non-hydrogen) atoms. The molecule has 0 atom stereocenters. The fraction of sp³-hybridized carbons (Fsp3) is 0.250. The maximum Gasteiger partial charge on any atom is 0.225 e. The summed E-state index contributed by atoms with van der Waals surface area (Å²) in [6, 6.07) is 7.88. The van der Waals surface area contributed by atoms with Gasteiger partial charge in [-0.25, -0.2) is 0 Å². The number of rotatable bonds is 3. The molecule has 0 radical (unpaired) electrons. The number of hydrogen-bond acceptors (Lipinski definition) is 1. The van der Waals surface area contributed by atoms with Crippen LogP contribution in [0.25, 0.3) is 10.9 Å². The Morgan fingerprint density at radius 2 is 2.19 bits per heavy atom. The Balaban J connectivity index is 2.36. The number of halogens is 1. The van der Waals surface area contributed by atoms with Crippen molar-refractivity contribution in [2.24, 2.45) is 0 Å². The number of aromatic nitrogens is 1. The Bertz CT molecular complexity index is 519. The lowest BCUT2D eigenvalue weighted by Gasteiger charge is -2.03. The normalized spacial score (nSPS) is 10.6. The Morgan fingerprint density at radius 3 is 2.94 bits per heavy atom. The number of nitrogens with one attached hydrogen (secondary N) is 2. The van der Waals surface area contributed by atoms with Crippen molar-refractivity contribution in [2.45, 2.75) is 13.3 Å². The molecule has 4 heteroatoms. The fourth-order valence-corrected chi connectivity index (χ4v) is 1.90. The minimum Gasteiger partial charge on any atom is -0.357 e. The van der Waals surface area contributed by atoms with Gasteiger partial charge < -0.3 is 10.3 Å². The molecule has 0 saturated carbocycles. The molecule has 0 saturated heterocycles. The van der Waals surface area contributed by atoms with Gasteiger partial charge in [-0.15, -0.1) is 11.6 Å². The van der Waals surface area contributed by atoms with Crippen LogP contribution in [0.3, 0.4) is 0 Å². The summed E-state index contributed by atoms with van der Waals surface area (Å²) in [4.78, 5) is 14.7. The van der Waals surface area contributed by atoms with E-state index in [1.807, 2.05) is 31.2 Å². The van der Waals surface area contributed by atoms with Crippen molar-refractivity contribution in [3.05, 3.63) is 30.0 Å². The van der Waals surface area contributed by atoms with Crippen LogP contribution in [0.15, 0.2) is 24.3 Å². The minimum absolute atomic E-state index is 0.0529. The Hall–Kier alpha value is -1.48. The largest absolute Gasteiger partial charge is 0.357 e. The highest BCUT2D eigenvalue weighted by Crippen LogP contribution is 2.26. The number of H-pyrrole nitrogens is 1. The van der Waals surface area contributed by atoms with Gasteiger partial charge in [0.05, 0.1) is 5.69 Å².